The maximum atomic E-state index is 13.1. The highest BCUT2D eigenvalue weighted by Gasteiger charge is 2.33. The van der Waals surface area contributed by atoms with Crippen molar-refractivity contribution in [1.82, 2.24) is 4.90 Å². The van der Waals surface area contributed by atoms with Crippen molar-refractivity contribution in [3.05, 3.63) is 62.6 Å². The molecular formula is C23H21IN2O3S. The van der Waals surface area contributed by atoms with Gasteiger partial charge in [0.25, 0.3) is 5.91 Å². The molecule has 1 aliphatic rings. The van der Waals surface area contributed by atoms with E-state index in [-0.39, 0.29) is 12.5 Å². The fraction of sp³-hybridized carbons (Fsp3) is 0.217. The standard InChI is InChI=1S/C23H21IN2O3S/c1-3-13-29-20-11-10-17(15-19(20)24)16-21-22(27)26(12-7-14-28-2)23(30-21)25-18-8-5-4-6-9-18/h1,4-6,8-11,15-16H,7,12-14H2,2H3/b21-16-,25-23?. The van der Waals surface area contributed by atoms with E-state index in [1.807, 2.05) is 54.6 Å². The van der Waals surface area contributed by atoms with Gasteiger partial charge in [-0.3, -0.25) is 9.69 Å². The molecule has 0 saturated carbocycles. The van der Waals surface area contributed by atoms with Crippen LogP contribution < -0.4 is 4.74 Å². The molecule has 1 fully saturated rings. The molecule has 0 aromatic heterocycles. The Balaban J connectivity index is 1.86. The summed E-state index contributed by atoms with van der Waals surface area (Å²) in [6.07, 6.45) is 7.88. The van der Waals surface area contributed by atoms with Crippen molar-refractivity contribution in [2.75, 3.05) is 26.9 Å². The summed E-state index contributed by atoms with van der Waals surface area (Å²) in [6.45, 7) is 1.36. The Kier molecular flexibility index (Phi) is 8.37. The highest BCUT2D eigenvalue weighted by Crippen LogP contribution is 2.35. The van der Waals surface area contributed by atoms with Gasteiger partial charge in [-0.05, 0) is 76.7 Å². The Morgan fingerprint density at radius 3 is 2.77 bits per heavy atom. The number of amides is 1. The van der Waals surface area contributed by atoms with Crippen LogP contribution >= 0.6 is 34.4 Å². The first-order valence-corrected chi connectivity index (χ1v) is 11.2. The van der Waals surface area contributed by atoms with E-state index in [1.54, 1.807) is 12.0 Å². The second-order valence-corrected chi connectivity index (χ2v) is 8.50. The topological polar surface area (TPSA) is 51.1 Å². The molecular weight excluding hydrogens is 511 g/mol. The average Bonchev–Trinajstić information content (AvgIpc) is 3.03. The molecule has 3 rings (SSSR count). The number of benzene rings is 2. The van der Waals surface area contributed by atoms with Crippen LogP contribution in [0, 0.1) is 15.9 Å². The van der Waals surface area contributed by atoms with E-state index in [1.165, 1.54) is 11.8 Å². The zero-order valence-corrected chi connectivity index (χ0v) is 19.5. The normalized spacial score (nSPS) is 16.3. The lowest BCUT2D eigenvalue weighted by atomic mass is 10.2. The van der Waals surface area contributed by atoms with Crippen LogP contribution in [-0.2, 0) is 9.53 Å². The molecule has 7 heteroatoms. The molecule has 5 nitrogen and oxygen atoms in total. The largest absolute Gasteiger partial charge is 0.480 e. The second-order valence-electron chi connectivity index (χ2n) is 6.33. The molecule has 1 aliphatic heterocycles. The number of halogens is 1. The van der Waals surface area contributed by atoms with E-state index in [0.717, 1.165) is 27.0 Å². The molecule has 0 spiro atoms. The summed E-state index contributed by atoms with van der Waals surface area (Å²) in [5, 5.41) is 0.678. The number of amidine groups is 1. The van der Waals surface area contributed by atoms with Gasteiger partial charge in [0.2, 0.25) is 0 Å². The first-order chi connectivity index (χ1) is 14.6. The van der Waals surface area contributed by atoms with E-state index in [0.29, 0.717) is 23.2 Å². The van der Waals surface area contributed by atoms with Gasteiger partial charge in [0.1, 0.15) is 12.4 Å². The van der Waals surface area contributed by atoms with Crippen LogP contribution in [0.4, 0.5) is 5.69 Å². The van der Waals surface area contributed by atoms with Crippen molar-refractivity contribution in [2.45, 2.75) is 6.42 Å². The molecule has 0 unspecified atom stereocenters. The minimum Gasteiger partial charge on any atom is -0.480 e. The monoisotopic (exact) mass is 532 g/mol. The van der Waals surface area contributed by atoms with Crippen molar-refractivity contribution in [3.8, 4) is 18.1 Å². The summed E-state index contributed by atoms with van der Waals surface area (Å²) in [7, 11) is 1.66. The van der Waals surface area contributed by atoms with Gasteiger partial charge >= 0.3 is 0 Å². The summed E-state index contributed by atoms with van der Waals surface area (Å²) in [5.74, 6) is 3.14. The number of methoxy groups -OCH3 is 1. The predicted octanol–water partition coefficient (Wildman–Crippen LogP) is 4.94. The highest BCUT2D eigenvalue weighted by molar-refractivity contribution is 14.1. The van der Waals surface area contributed by atoms with Crippen LogP contribution in [0.3, 0.4) is 0 Å². The zero-order chi connectivity index (χ0) is 21.3. The third kappa shape index (κ3) is 5.88. The Morgan fingerprint density at radius 2 is 2.07 bits per heavy atom. The fourth-order valence-electron chi connectivity index (χ4n) is 2.76. The maximum absolute atomic E-state index is 13.1. The molecule has 0 N–H and O–H groups in total. The number of thioether (sulfide) groups is 1. The van der Waals surface area contributed by atoms with Crippen LogP contribution in [-0.4, -0.2) is 42.8 Å². The fourth-order valence-corrected chi connectivity index (χ4v) is 4.48. The maximum Gasteiger partial charge on any atom is 0.266 e. The number of carbonyl (C=O) groups is 1. The van der Waals surface area contributed by atoms with Crippen LogP contribution in [0.15, 0.2) is 58.4 Å². The summed E-state index contributed by atoms with van der Waals surface area (Å²) >= 11 is 3.59. The van der Waals surface area contributed by atoms with Gasteiger partial charge in [0, 0.05) is 20.3 Å². The number of aliphatic imine (C=N–C) groups is 1. The van der Waals surface area contributed by atoms with Gasteiger partial charge < -0.3 is 9.47 Å². The van der Waals surface area contributed by atoms with Gasteiger partial charge in [-0.1, -0.05) is 30.2 Å². The minimum atomic E-state index is -0.0477. The van der Waals surface area contributed by atoms with Crippen molar-refractivity contribution in [1.29, 1.82) is 0 Å². The highest BCUT2D eigenvalue weighted by atomic mass is 127. The molecule has 0 aliphatic carbocycles. The molecule has 0 atom stereocenters. The Hall–Kier alpha value is -2.28. The summed E-state index contributed by atoms with van der Waals surface area (Å²) in [5.41, 5.74) is 1.73. The lowest BCUT2D eigenvalue weighted by molar-refractivity contribution is -0.122. The molecule has 154 valence electrons. The van der Waals surface area contributed by atoms with E-state index >= 15 is 0 Å². The lowest BCUT2D eigenvalue weighted by Gasteiger charge is -2.15. The van der Waals surface area contributed by atoms with E-state index < -0.39 is 0 Å². The third-order valence-corrected chi connectivity index (χ3v) is 6.01. The van der Waals surface area contributed by atoms with Gasteiger partial charge in [-0.15, -0.1) is 6.42 Å². The van der Waals surface area contributed by atoms with Crippen LogP contribution in [0.5, 0.6) is 5.75 Å². The molecule has 2 aromatic carbocycles. The molecule has 1 amide bonds. The predicted molar refractivity (Wildman–Crippen MR) is 131 cm³/mol. The van der Waals surface area contributed by atoms with E-state index in [2.05, 4.69) is 33.5 Å². The van der Waals surface area contributed by atoms with Gasteiger partial charge in [-0.25, -0.2) is 4.99 Å². The number of nitrogens with zero attached hydrogens (tertiary/aromatic N) is 2. The van der Waals surface area contributed by atoms with Crippen LogP contribution in [0.2, 0.25) is 0 Å². The van der Waals surface area contributed by atoms with Crippen molar-refractivity contribution in [3.63, 3.8) is 0 Å². The SMILES string of the molecule is C#CCOc1ccc(/C=C2\SC(=Nc3ccccc3)N(CCCOC)C2=O)cc1I. The number of ether oxygens (including phenoxy) is 2. The van der Waals surface area contributed by atoms with Crippen molar-refractivity contribution in [2.24, 2.45) is 4.99 Å². The Morgan fingerprint density at radius 1 is 1.27 bits per heavy atom. The number of hydrogen-bond donors (Lipinski definition) is 0. The molecule has 0 bridgehead atoms. The average molecular weight is 532 g/mol. The molecule has 0 radical (unpaired) electrons. The van der Waals surface area contributed by atoms with Gasteiger partial charge in [-0.2, -0.15) is 0 Å². The number of para-hydroxylation sites is 1. The Labute approximate surface area is 194 Å². The summed E-state index contributed by atoms with van der Waals surface area (Å²) in [4.78, 5) is 20.1. The number of carbonyl (C=O) groups excluding carboxylic acids is 1. The Bertz CT molecular complexity index is 999. The number of terminal acetylenes is 1. The minimum absolute atomic E-state index is 0.0477. The second kappa shape index (κ2) is 11.2. The smallest absolute Gasteiger partial charge is 0.266 e. The molecule has 1 saturated heterocycles. The summed E-state index contributed by atoms with van der Waals surface area (Å²) < 4.78 is 11.6. The third-order valence-electron chi connectivity index (χ3n) is 4.16. The van der Waals surface area contributed by atoms with Gasteiger partial charge in [0.05, 0.1) is 14.2 Å². The first-order valence-electron chi connectivity index (χ1n) is 9.32. The van der Waals surface area contributed by atoms with Crippen molar-refractivity contribution < 1.29 is 14.3 Å². The number of hydrogen-bond acceptors (Lipinski definition) is 5. The van der Waals surface area contributed by atoms with Crippen LogP contribution in [0.1, 0.15) is 12.0 Å². The summed E-state index contributed by atoms with van der Waals surface area (Å²) in [6, 6.07) is 15.4. The molecule has 1 heterocycles. The molecule has 2 aromatic rings. The van der Waals surface area contributed by atoms with Gasteiger partial charge in [0.15, 0.2) is 5.17 Å². The quantitative estimate of drug-likeness (QED) is 0.209. The number of rotatable bonds is 8. The van der Waals surface area contributed by atoms with E-state index in [4.69, 9.17) is 15.9 Å². The van der Waals surface area contributed by atoms with E-state index in [9.17, 15) is 4.79 Å². The zero-order valence-electron chi connectivity index (χ0n) is 16.5. The van der Waals surface area contributed by atoms with Crippen molar-refractivity contribution >= 4 is 57.2 Å². The molecule has 30 heavy (non-hydrogen) atoms. The lowest BCUT2D eigenvalue weighted by Crippen LogP contribution is -2.30. The first kappa shape index (κ1) is 22.4. The van der Waals surface area contributed by atoms with Crippen LogP contribution in [0.25, 0.3) is 6.08 Å².